The number of H-pyrrole nitrogens is 1. The summed E-state index contributed by atoms with van der Waals surface area (Å²) < 4.78 is 48.1. The van der Waals surface area contributed by atoms with E-state index in [-0.39, 0.29) is 9.79 Å². The van der Waals surface area contributed by atoms with Crippen LogP contribution in [-0.4, -0.2) is 53.1 Å². The number of nitrogens with one attached hydrogen (secondary N) is 1. The van der Waals surface area contributed by atoms with Crippen LogP contribution in [0.2, 0.25) is 0 Å². The van der Waals surface area contributed by atoms with Gasteiger partial charge >= 0.3 is 0 Å². The van der Waals surface area contributed by atoms with Crippen LogP contribution in [0.1, 0.15) is 12.1 Å². The fourth-order valence-corrected chi connectivity index (χ4v) is 4.88. The van der Waals surface area contributed by atoms with Gasteiger partial charge < -0.3 is 4.90 Å². The molecule has 0 atom stereocenters. The maximum absolute atomic E-state index is 12.2. The highest BCUT2D eigenvalue weighted by atomic mass is 32.2. The molecular formula is C21H25N3O4S2. The topological polar surface area (TPSA) is 100 Å². The average molecular weight is 448 g/mol. The maximum Gasteiger partial charge on any atom is 0.177 e. The van der Waals surface area contributed by atoms with Crippen molar-refractivity contribution in [3.8, 4) is 11.3 Å². The molecule has 160 valence electrons. The van der Waals surface area contributed by atoms with Gasteiger partial charge in [-0.1, -0.05) is 30.3 Å². The number of hydrogen-bond acceptors (Lipinski definition) is 6. The summed E-state index contributed by atoms with van der Waals surface area (Å²) in [6, 6.07) is 16.1. The van der Waals surface area contributed by atoms with E-state index < -0.39 is 19.7 Å². The first-order valence-electron chi connectivity index (χ1n) is 9.41. The van der Waals surface area contributed by atoms with Gasteiger partial charge in [0, 0.05) is 37.4 Å². The summed E-state index contributed by atoms with van der Waals surface area (Å²) in [6.07, 6.45) is 3.66. The van der Waals surface area contributed by atoms with E-state index in [1.54, 1.807) is 13.1 Å². The normalized spacial score (nSPS) is 12.1. The van der Waals surface area contributed by atoms with E-state index in [4.69, 9.17) is 0 Å². The second-order valence-electron chi connectivity index (χ2n) is 7.34. The predicted molar refractivity (Wildman–Crippen MR) is 118 cm³/mol. The maximum atomic E-state index is 12.2. The van der Waals surface area contributed by atoms with Crippen LogP contribution in [0.4, 0.5) is 5.69 Å². The monoisotopic (exact) mass is 447 g/mol. The van der Waals surface area contributed by atoms with Crippen molar-refractivity contribution in [3.63, 3.8) is 0 Å². The third-order valence-electron chi connectivity index (χ3n) is 4.81. The smallest absolute Gasteiger partial charge is 0.177 e. The molecule has 0 saturated carbocycles. The number of benzene rings is 2. The van der Waals surface area contributed by atoms with Crippen LogP contribution in [0, 0.1) is 0 Å². The van der Waals surface area contributed by atoms with Crippen molar-refractivity contribution >= 4 is 25.4 Å². The van der Waals surface area contributed by atoms with Crippen LogP contribution in [0.5, 0.6) is 0 Å². The molecule has 3 aromatic rings. The molecule has 0 fully saturated rings. The van der Waals surface area contributed by atoms with Crippen molar-refractivity contribution in [2.75, 3.05) is 31.0 Å². The summed E-state index contributed by atoms with van der Waals surface area (Å²) in [5.41, 5.74) is 3.41. The summed E-state index contributed by atoms with van der Waals surface area (Å²) in [5, 5.41) is 7.39. The Morgan fingerprint density at radius 2 is 1.63 bits per heavy atom. The average Bonchev–Trinajstić information content (AvgIpc) is 3.15. The lowest BCUT2D eigenvalue weighted by Crippen LogP contribution is -2.21. The van der Waals surface area contributed by atoms with E-state index in [2.05, 4.69) is 10.2 Å². The number of anilines is 1. The fraction of sp³-hybridized carbons (Fsp3) is 0.286. The minimum atomic E-state index is -3.59. The Balaban J connectivity index is 1.71. The van der Waals surface area contributed by atoms with Gasteiger partial charge in [-0.25, -0.2) is 16.8 Å². The molecule has 0 aliphatic carbocycles. The summed E-state index contributed by atoms with van der Waals surface area (Å²) in [4.78, 5) is 1.84. The number of aromatic amines is 1. The Morgan fingerprint density at radius 1 is 0.933 bits per heavy atom. The van der Waals surface area contributed by atoms with Gasteiger partial charge in [-0.05, 0) is 37.1 Å². The Morgan fingerprint density at radius 3 is 2.27 bits per heavy atom. The molecule has 0 aliphatic heterocycles. The van der Waals surface area contributed by atoms with Crippen LogP contribution < -0.4 is 4.90 Å². The lowest BCUT2D eigenvalue weighted by molar-refractivity contribution is 0.599. The third kappa shape index (κ3) is 5.28. The fourth-order valence-electron chi connectivity index (χ4n) is 3.21. The van der Waals surface area contributed by atoms with Gasteiger partial charge in [0.15, 0.2) is 19.7 Å². The Labute approximate surface area is 177 Å². The molecule has 0 unspecified atom stereocenters. The number of hydrogen-bond donors (Lipinski definition) is 1. The van der Waals surface area contributed by atoms with E-state index in [9.17, 15) is 16.8 Å². The zero-order valence-electron chi connectivity index (χ0n) is 17.2. The summed E-state index contributed by atoms with van der Waals surface area (Å²) >= 11 is 0. The SMILES string of the molecule is CN(CCCc1cc(-c2ccccc2)n[nH]1)c1ccc(S(C)(=O)=O)cc1S(C)(=O)=O. The molecule has 7 nitrogen and oxygen atoms in total. The van der Waals surface area contributed by atoms with E-state index in [1.165, 1.54) is 12.1 Å². The molecule has 9 heteroatoms. The predicted octanol–water partition coefficient (Wildman–Crippen LogP) is 2.95. The minimum absolute atomic E-state index is 0.00836. The van der Waals surface area contributed by atoms with E-state index in [0.717, 1.165) is 42.3 Å². The standard InChI is InChI=1S/C21H25N3O4S2/c1-24(20-12-11-18(29(2,25)26)15-21(20)30(3,27)28)13-7-10-17-14-19(23-22-17)16-8-5-4-6-9-16/h4-6,8-9,11-12,14-15H,7,10,13H2,1-3H3,(H,22,23). The number of aromatic nitrogens is 2. The highest BCUT2D eigenvalue weighted by molar-refractivity contribution is 7.91. The lowest BCUT2D eigenvalue weighted by atomic mass is 10.1. The number of nitrogens with zero attached hydrogens (tertiary/aromatic N) is 2. The summed E-state index contributed by atoms with van der Waals surface area (Å²) in [7, 11) is -5.29. The van der Waals surface area contributed by atoms with Crippen molar-refractivity contribution in [1.29, 1.82) is 0 Å². The molecule has 1 heterocycles. The lowest BCUT2D eigenvalue weighted by Gasteiger charge is -2.22. The molecule has 30 heavy (non-hydrogen) atoms. The van der Waals surface area contributed by atoms with Crippen LogP contribution in [0.3, 0.4) is 0 Å². The van der Waals surface area contributed by atoms with Crippen LogP contribution >= 0.6 is 0 Å². The number of rotatable bonds is 8. The summed E-state index contributed by atoms with van der Waals surface area (Å²) in [5.74, 6) is 0. The second-order valence-corrected chi connectivity index (χ2v) is 11.3. The Kier molecular flexibility index (Phi) is 6.33. The van der Waals surface area contributed by atoms with Gasteiger partial charge in [0.2, 0.25) is 0 Å². The first-order valence-corrected chi connectivity index (χ1v) is 13.2. The number of sulfone groups is 2. The van der Waals surface area contributed by atoms with Gasteiger partial charge in [-0.2, -0.15) is 5.10 Å². The minimum Gasteiger partial charge on any atom is -0.374 e. The van der Waals surface area contributed by atoms with Gasteiger partial charge in [-0.15, -0.1) is 0 Å². The quantitative estimate of drug-likeness (QED) is 0.570. The highest BCUT2D eigenvalue weighted by Crippen LogP contribution is 2.28. The first-order chi connectivity index (χ1) is 14.1. The van der Waals surface area contributed by atoms with Crippen LogP contribution in [-0.2, 0) is 26.1 Å². The molecule has 0 amide bonds. The third-order valence-corrected chi connectivity index (χ3v) is 7.05. The molecule has 0 bridgehead atoms. The molecule has 1 N–H and O–H groups in total. The summed E-state index contributed by atoms with van der Waals surface area (Å²) in [6.45, 7) is 0.598. The van der Waals surface area contributed by atoms with Gasteiger partial charge in [0.25, 0.3) is 0 Å². The molecular weight excluding hydrogens is 422 g/mol. The Hall–Kier alpha value is -2.65. The molecule has 1 aromatic heterocycles. The first kappa shape index (κ1) is 22.0. The van der Waals surface area contributed by atoms with Gasteiger partial charge in [0.1, 0.15) is 0 Å². The number of aryl methyl sites for hydroxylation is 1. The van der Waals surface area contributed by atoms with Gasteiger partial charge in [0.05, 0.1) is 21.2 Å². The Bertz CT molecular complexity index is 1230. The zero-order chi connectivity index (χ0) is 21.9. The van der Waals surface area contributed by atoms with Crippen molar-refractivity contribution < 1.29 is 16.8 Å². The molecule has 0 radical (unpaired) electrons. The zero-order valence-corrected chi connectivity index (χ0v) is 18.8. The van der Waals surface area contributed by atoms with Crippen molar-refractivity contribution in [1.82, 2.24) is 10.2 Å². The van der Waals surface area contributed by atoms with Crippen LogP contribution in [0.15, 0.2) is 64.4 Å². The van der Waals surface area contributed by atoms with E-state index in [0.29, 0.717) is 12.2 Å². The van der Waals surface area contributed by atoms with E-state index in [1.807, 2.05) is 41.3 Å². The molecule has 0 aliphatic rings. The van der Waals surface area contributed by atoms with Gasteiger partial charge in [-0.3, -0.25) is 5.10 Å². The molecule has 0 saturated heterocycles. The van der Waals surface area contributed by atoms with E-state index >= 15 is 0 Å². The molecule has 2 aromatic carbocycles. The van der Waals surface area contributed by atoms with Crippen molar-refractivity contribution in [2.24, 2.45) is 0 Å². The molecule has 0 spiro atoms. The highest BCUT2D eigenvalue weighted by Gasteiger charge is 2.20. The second kappa shape index (κ2) is 8.61. The van der Waals surface area contributed by atoms with Crippen molar-refractivity contribution in [2.45, 2.75) is 22.6 Å². The van der Waals surface area contributed by atoms with Crippen LogP contribution in [0.25, 0.3) is 11.3 Å². The van der Waals surface area contributed by atoms with Crippen molar-refractivity contribution in [3.05, 3.63) is 60.3 Å². The molecule has 3 rings (SSSR count). The largest absolute Gasteiger partial charge is 0.374 e.